The molecule has 40 heavy (non-hydrogen) atoms. The Balaban J connectivity index is 1.32. The second kappa shape index (κ2) is 10.5. The Labute approximate surface area is 240 Å². The number of hydrogen-bond donors (Lipinski definition) is 3. The van der Waals surface area contributed by atoms with Crippen LogP contribution in [0.2, 0.25) is 5.02 Å². The molecule has 3 N–H and O–H groups in total. The third-order valence-electron chi connectivity index (χ3n) is 7.94. The fourth-order valence-corrected chi connectivity index (χ4v) is 6.91. The molecule has 4 heterocycles. The minimum Gasteiger partial charge on any atom is -0.488 e. The quantitative estimate of drug-likeness (QED) is 0.317. The maximum atomic E-state index is 13.1. The molecule has 0 bridgehead atoms. The molecular weight excluding hydrogens is 550 g/mol. The van der Waals surface area contributed by atoms with E-state index in [2.05, 4.69) is 50.9 Å². The number of nitrogens with zero attached hydrogens (tertiary/aromatic N) is 4. The molecule has 1 aromatic carbocycles. The molecule has 10 nitrogen and oxygen atoms in total. The number of hydrogen-bond acceptors (Lipinski definition) is 9. The molecule has 214 valence electrons. The number of rotatable bonds is 8. The molecule has 0 spiro atoms. The van der Waals surface area contributed by atoms with E-state index in [0.29, 0.717) is 23.4 Å². The molecule has 1 saturated carbocycles. The van der Waals surface area contributed by atoms with Gasteiger partial charge in [-0.2, -0.15) is 10.1 Å². The van der Waals surface area contributed by atoms with Crippen molar-refractivity contribution in [3.05, 3.63) is 40.2 Å². The van der Waals surface area contributed by atoms with Gasteiger partial charge in [0.15, 0.2) is 5.82 Å². The zero-order valence-corrected chi connectivity index (χ0v) is 24.9. The second-order valence-electron chi connectivity index (χ2n) is 11.4. The number of anilines is 4. The van der Waals surface area contributed by atoms with Crippen LogP contribution in [0.3, 0.4) is 0 Å². The van der Waals surface area contributed by atoms with Crippen LogP contribution in [0, 0.1) is 6.92 Å². The minimum atomic E-state index is -3.63. The van der Waals surface area contributed by atoms with Crippen LogP contribution >= 0.6 is 11.6 Å². The monoisotopic (exact) mass is 585 g/mol. The van der Waals surface area contributed by atoms with Gasteiger partial charge in [0.1, 0.15) is 16.9 Å². The van der Waals surface area contributed by atoms with Crippen molar-refractivity contribution >= 4 is 44.6 Å². The first-order chi connectivity index (χ1) is 19.1. The van der Waals surface area contributed by atoms with Crippen LogP contribution < -0.4 is 20.7 Å². The van der Waals surface area contributed by atoms with Crippen LogP contribution in [0.4, 0.5) is 23.1 Å². The maximum absolute atomic E-state index is 13.1. The standard InChI is InChI=1S/C28H36ClN7O3S/c1-15(2)40(37,38)27-23(14-36(35-27)19-5-6-19)32-26-21(29)13-31-28(34-26)33-22-11-16(3)24(18-7-9-30-10-8-18)20-12-17(4)39-25(20)22/h11,13-15,17-19,30H,5-10,12H2,1-4H3,(H2,31,32,33,34). The van der Waals surface area contributed by atoms with Crippen LogP contribution in [-0.4, -0.2) is 52.6 Å². The van der Waals surface area contributed by atoms with Gasteiger partial charge in [0, 0.05) is 12.0 Å². The van der Waals surface area contributed by atoms with Crippen molar-refractivity contribution in [1.82, 2.24) is 25.1 Å². The van der Waals surface area contributed by atoms with Gasteiger partial charge in [0.2, 0.25) is 20.8 Å². The molecule has 2 aliphatic heterocycles. The lowest BCUT2D eigenvalue weighted by Crippen LogP contribution is -2.27. The lowest BCUT2D eigenvalue weighted by molar-refractivity contribution is 0.256. The fraction of sp³-hybridized carbons (Fsp3) is 0.536. The average molecular weight is 586 g/mol. The molecule has 12 heteroatoms. The lowest BCUT2D eigenvalue weighted by Gasteiger charge is -2.27. The Kier molecular flexibility index (Phi) is 7.16. The van der Waals surface area contributed by atoms with Crippen LogP contribution in [-0.2, 0) is 16.3 Å². The molecule has 3 aromatic rings. The number of aryl methyl sites for hydroxylation is 1. The van der Waals surface area contributed by atoms with Crippen molar-refractivity contribution in [3.8, 4) is 5.75 Å². The Hall–Kier alpha value is -2.89. The maximum Gasteiger partial charge on any atom is 0.229 e. The van der Waals surface area contributed by atoms with Gasteiger partial charge in [-0.3, -0.25) is 4.68 Å². The van der Waals surface area contributed by atoms with Gasteiger partial charge in [0.05, 0.1) is 35.1 Å². The summed E-state index contributed by atoms with van der Waals surface area (Å²) in [6.45, 7) is 9.61. The Bertz CT molecular complexity index is 1550. The zero-order chi connectivity index (χ0) is 28.2. The third-order valence-corrected chi connectivity index (χ3v) is 10.3. The summed E-state index contributed by atoms with van der Waals surface area (Å²) in [5, 5.41) is 14.0. The summed E-state index contributed by atoms with van der Waals surface area (Å²) >= 11 is 6.48. The molecule has 1 saturated heterocycles. The highest BCUT2D eigenvalue weighted by molar-refractivity contribution is 7.92. The molecule has 1 atom stereocenters. The Morgan fingerprint density at radius 2 is 1.90 bits per heavy atom. The first-order valence-electron chi connectivity index (χ1n) is 14.0. The first kappa shape index (κ1) is 27.3. The molecule has 2 fully saturated rings. The van der Waals surface area contributed by atoms with E-state index >= 15 is 0 Å². The minimum absolute atomic E-state index is 0.00271. The van der Waals surface area contributed by atoms with E-state index in [1.807, 2.05) is 0 Å². The number of ether oxygens (including phenoxy) is 1. The predicted octanol–water partition coefficient (Wildman–Crippen LogP) is 5.43. The molecule has 1 unspecified atom stereocenters. The molecule has 2 aromatic heterocycles. The van der Waals surface area contributed by atoms with Crippen molar-refractivity contribution in [2.75, 3.05) is 23.7 Å². The van der Waals surface area contributed by atoms with E-state index < -0.39 is 15.1 Å². The van der Waals surface area contributed by atoms with Gasteiger partial charge in [-0.1, -0.05) is 11.6 Å². The molecule has 3 aliphatic rings. The number of halogens is 1. The summed E-state index contributed by atoms with van der Waals surface area (Å²) in [6.07, 6.45) is 8.38. The van der Waals surface area contributed by atoms with Crippen molar-refractivity contribution in [2.24, 2.45) is 0 Å². The molecule has 1 aliphatic carbocycles. The fourth-order valence-electron chi connectivity index (χ4n) is 5.71. The first-order valence-corrected chi connectivity index (χ1v) is 16.0. The summed E-state index contributed by atoms with van der Waals surface area (Å²) in [6, 6.07) is 2.34. The van der Waals surface area contributed by atoms with Crippen molar-refractivity contribution in [2.45, 2.75) is 88.1 Å². The number of sulfone groups is 1. The van der Waals surface area contributed by atoms with Crippen molar-refractivity contribution < 1.29 is 13.2 Å². The highest BCUT2D eigenvalue weighted by Gasteiger charge is 2.33. The normalized spacial score (nSPS) is 19.5. The SMILES string of the molecule is Cc1cc(Nc2ncc(Cl)c(Nc3cn(C4CC4)nc3S(=O)(=O)C(C)C)n2)c2c(c1C1CCNCC1)CC(C)O2. The molecule has 6 rings (SSSR count). The number of piperidine rings is 1. The summed E-state index contributed by atoms with van der Waals surface area (Å²) in [5.74, 6) is 2.00. The van der Waals surface area contributed by atoms with E-state index in [-0.39, 0.29) is 22.2 Å². The second-order valence-corrected chi connectivity index (χ2v) is 14.2. The zero-order valence-electron chi connectivity index (χ0n) is 23.3. The highest BCUT2D eigenvalue weighted by Crippen LogP contribution is 2.45. The lowest BCUT2D eigenvalue weighted by atomic mass is 9.83. The molecule has 0 radical (unpaired) electrons. The van der Waals surface area contributed by atoms with Gasteiger partial charge < -0.3 is 20.7 Å². The van der Waals surface area contributed by atoms with Crippen molar-refractivity contribution in [1.29, 1.82) is 0 Å². The summed E-state index contributed by atoms with van der Waals surface area (Å²) in [4.78, 5) is 9.03. The van der Waals surface area contributed by atoms with Crippen LogP contribution in [0.1, 0.15) is 75.1 Å². The van der Waals surface area contributed by atoms with Gasteiger partial charge in [-0.15, -0.1) is 0 Å². The van der Waals surface area contributed by atoms with E-state index in [4.69, 9.17) is 16.3 Å². The number of nitrogens with one attached hydrogen (secondary N) is 3. The van der Waals surface area contributed by atoms with Crippen LogP contribution in [0.25, 0.3) is 0 Å². The average Bonchev–Trinajstić information content (AvgIpc) is 3.56. The smallest absolute Gasteiger partial charge is 0.229 e. The van der Waals surface area contributed by atoms with E-state index in [1.54, 1.807) is 24.7 Å². The van der Waals surface area contributed by atoms with E-state index in [0.717, 1.165) is 56.6 Å². The predicted molar refractivity (Wildman–Crippen MR) is 156 cm³/mol. The van der Waals surface area contributed by atoms with Gasteiger partial charge in [-0.25, -0.2) is 13.4 Å². The summed E-state index contributed by atoms with van der Waals surface area (Å²) in [7, 11) is -3.63. The van der Waals surface area contributed by atoms with Gasteiger partial charge in [0.25, 0.3) is 0 Å². The molecular formula is C28H36ClN7O3S. The topological polar surface area (TPSA) is 123 Å². The number of aromatic nitrogens is 4. The van der Waals surface area contributed by atoms with Gasteiger partial charge >= 0.3 is 0 Å². The molecule has 0 amide bonds. The van der Waals surface area contributed by atoms with E-state index in [1.165, 1.54) is 22.9 Å². The largest absolute Gasteiger partial charge is 0.488 e. The summed E-state index contributed by atoms with van der Waals surface area (Å²) in [5.41, 5.74) is 5.08. The Morgan fingerprint density at radius 1 is 1.15 bits per heavy atom. The van der Waals surface area contributed by atoms with Gasteiger partial charge in [-0.05, 0) is 89.6 Å². The summed E-state index contributed by atoms with van der Waals surface area (Å²) < 4.78 is 34.2. The number of fused-ring (bicyclic) bond motifs is 1. The van der Waals surface area contributed by atoms with Crippen molar-refractivity contribution in [3.63, 3.8) is 0 Å². The van der Waals surface area contributed by atoms with E-state index in [9.17, 15) is 8.42 Å². The van der Waals surface area contributed by atoms with Crippen LogP contribution in [0.5, 0.6) is 5.75 Å². The highest BCUT2D eigenvalue weighted by atomic mass is 35.5. The third kappa shape index (κ3) is 5.14. The van der Waals surface area contributed by atoms with Crippen LogP contribution in [0.15, 0.2) is 23.5 Å². The Morgan fingerprint density at radius 3 is 2.60 bits per heavy atom. The number of benzene rings is 1.